The van der Waals surface area contributed by atoms with Crippen molar-refractivity contribution in [3.8, 4) is 11.4 Å². The summed E-state index contributed by atoms with van der Waals surface area (Å²) < 4.78 is 7.97. The Labute approximate surface area is 219 Å². The number of carbonyl (C=O) groups is 1. The molecule has 1 saturated carbocycles. The molecule has 3 aromatic carbocycles. The molecule has 1 heterocycles. The van der Waals surface area contributed by atoms with Gasteiger partial charge in [0.05, 0.1) is 27.5 Å². The van der Waals surface area contributed by atoms with Gasteiger partial charge in [0.25, 0.3) is 0 Å². The lowest BCUT2D eigenvalue weighted by Gasteiger charge is -2.20. The molecule has 4 aromatic rings. The first-order valence-electron chi connectivity index (χ1n) is 11.7. The van der Waals surface area contributed by atoms with Crippen molar-refractivity contribution in [3.63, 3.8) is 0 Å². The lowest BCUT2D eigenvalue weighted by Crippen LogP contribution is -2.16. The van der Waals surface area contributed by atoms with Gasteiger partial charge in [0, 0.05) is 24.8 Å². The first kappa shape index (κ1) is 24.2. The molecule has 0 atom stereocenters. The van der Waals surface area contributed by atoms with Gasteiger partial charge in [-0.05, 0) is 72.9 Å². The molecule has 1 aliphatic carbocycles. The van der Waals surface area contributed by atoms with Crippen LogP contribution >= 0.6 is 23.2 Å². The van der Waals surface area contributed by atoms with Gasteiger partial charge in [-0.25, -0.2) is 9.48 Å². The molecule has 0 saturated heterocycles. The van der Waals surface area contributed by atoms with Crippen LogP contribution in [-0.2, 0) is 13.2 Å². The molecule has 5 rings (SSSR count). The number of benzene rings is 3. The second-order valence-electron chi connectivity index (χ2n) is 8.95. The molecule has 1 fully saturated rings. The molecule has 0 radical (unpaired) electrons. The van der Waals surface area contributed by atoms with Crippen LogP contribution < -0.4 is 9.64 Å². The van der Waals surface area contributed by atoms with Crippen molar-refractivity contribution in [1.29, 1.82) is 0 Å². The van der Waals surface area contributed by atoms with E-state index in [1.165, 1.54) is 5.56 Å². The molecule has 1 N–H and O–H groups in total. The van der Waals surface area contributed by atoms with E-state index in [2.05, 4.69) is 10.00 Å². The van der Waals surface area contributed by atoms with Gasteiger partial charge in [-0.2, -0.15) is 5.10 Å². The number of anilines is 1. The third-order valence-electron chi connectivity index (χ3n) is 6.31. The highest BCUT2D eigenvalue weighted by Crippen LogP contribution is 2.43. The zero-order chi connectivity index (χ0) is 25.2. The van der Waals surface area contributed by atoms with Gasteiger partial charge >= 0.3 is 5.97 Å². The van der Waals surface area contributed by atoms with E-state index in [0.717, 1.165) is 35.5 Å². The van der Waals surface area contributed by atoms with Crippen molar-refractivity contribution in [2.75, 3.05) is 11.9 Å². The predicted octanol–water partition coefficient (Wildman–Crippen LogP) is 6.97. The third kappa shape index (κ3) is 5.20. The number of hydrogen-bond donors (Lipinski definition) is 1. The van der Waals surface area contributed by atoms with Crippen LogP contribution in [-0.4, -0.2) is 27.9 Å². The van der Waals surface area contributed by atoms with Gasteiger partial charge in [0.1, 0.15) is 18.0 Å². The number of ether oxygens (including phenoxy) is 1. The maximum Gasteiger partial charge on any atom is 0.335 e. The molecule has 0 bridgehead atoms. The van der Waals surface area contributed by atoms with Crippen molar-refractivity contribution in [1.82, 2.24) is 9.78 Å². The second kappa shape index (κ2) is 10.2. The molecular formula is C28H25Cl2N3O3. The summed E-state index contributed by atoms with van der Waals surface area (Å²) in [6.07, 6.45) is 4.18. The third-order valence-corrected chi connectivity index (χ3v) is 6.92. The van der Waals surface area contributed by atoms with Crippen LogP contribution in [0, 0.1) is 0 Å². The lowest BCUT2D eigenvalue weighted by atomic mass is 10.1. The van der Waals surface area contributed by atoms with Crippen molar-refractivity contribution in [2.45, 2.75) is 31.9 Å². The number of carboxylic acids is 1. The Morgan fingerprint density at radius 3 is 2.44 bits per heavy atom. The number of hydrogen-bond acceptors (Lipinski definition) is 4. The quantitative estimate of drug-likeness (QED) is 0.257. The number of para-hydroxylation sites is 1. The van der Waals surface area contributed by atoms with E-state index >= 15 is 0 Å². The van der Waals surface area contributed by atoms with Gasteiger partial charge in [-0.15, -0.1) is 0 Å². The van der Waals surface area contributed by atoms with Crippen molar-refractivity contribution in [3.05, 3.63) is 105 Å². The standard InChI is InChI=1S/C28H25Cl2N3O3/c1-32(16-18-4-2-5-20(14-18)28(34)35)21-10-12-22(13-11-21)36-17-26-23(19-8-9-19)15-31-33(26)27-24(29)6-3-7-25(27)30/h2-7,10-15,19H,8-9,16-17H2,1H3,(H,34,35). The van der Waals surface area contributed by atoms with Crippen LogP contribution in [0.15, 0.2) is 72.9 Å². The summed E-state index contributed by atoms with van der Waals surface area (Å²) in [4.78, 5) is 13.3. The molecule has 184 valence electrons. The minimum absolute atomic E-state index is 0.285. The van der Waals surface area contributed by atoms with E-state index in [0.29, 0.717) is 34.8 Å². The normalized spacial score (nSPS) is 13.0. The van der Waals surface area contributed by atoms with Crippen molar-refractivity contribution in [2.24, 2.45) is 0 Å². The van der Waals surface area contributed by atoms with Gasteiger partial charge in [0.2, 0.25) is 0 Å². The van der Waals surface area contributed by atoms with Crippen LogP contribution in [0.2, 0.25) is 10.0 Å². The van der Waals surface area contributed by atoms with E-state index < -0.39 is 5.97 Å². The minimum atomic E-state index is -0.927. The van der Waals surface area contributed by atoms with Gasteiger partial charge in [-0.1, -0.05) is 41.4 Å². The molecule has 36 heavy (non-hydrogen) atoms. The summed E-state index contributed by atoms with van der Waals surface area (Å²) in [5, 5.41) is 14.9. The first-order valence-corrected chi connectivity index (χ1v) is 12.4. The van der Waals surface area contributed by atoms with Crippen molar-refractivity contribution < 1.29 is 14.6 Å². The molecule has 6 nitrogen and oxygen atoms in total. The van der Waals surface area contributed by atoms with Gasteiger partial charge in [-0.3, -0.25) is 0 Å². The van der Waals surface area contributed by atoms with Gasteiger partial charge in [0.15, 0.2) is 0 Å². The Bertz CT molecular complexity index is 1380. The van der Waals surface area contributed by atoms with Crippen LogP contribution in [0.5, 0.6) is 5.75 Å². The lowest BCUT2D eigenvalue weighted by molar-refractivity contribution is 0.0696. The summed E-state index contributed by atoms with van der Waals surface area (Å²) in [6, 6.07) is 20.2. The molecule has 0 amide bonds. The zero-order valence-electron chi connectivity index (χ0n) is 19.7. The molecule has 1 aliphatic rings. The number of rotatable bonds is 9. The summed E-state index contributed by atoms with van der Waals surface area (Å²) >= 11 is 12.9. The maximum absolute atomic E-state index is 11.2. The summed E-state index contributed by atoms with van der Waals surface area (Å²) in [5.41, 5.74) is 4.99. The van der Waals surface area contributed by atoms with E-state index in [1.54, 1.807) is 35.0 Å². The fraction of sp³-hybridized carbons (Fsp3) is 0.214. The number of aromatic carboxylic acids is 1. The highest BCUT2D eigenvalue weighted by atomic mass is 35.5. The smallest absolute Gasteiger partial charge is 0.335 e. The van der Waals surface area contributed by atoms with Crippen molar-refractivity contribution >= 4 is 34.9 Å². The number of aromatic nitrogens is 2. The topological polar surface area (TPSA) is 67.6 Å². The maximum atomic E-state index is 11.2. The minimum Gasteiger partial charge on any atom is -0.487 e. The van der Waals surface area contributed by atoms with E-state index in [9.17, 15) is 9.90 Å². The molecular weight excluding hydrogens is 497 g/mol. The Morgan fingerprint density at radius 2 is 1.78 bits per heavy atom. The molecule has 0 spiro atoms. The monoisotopic (exact) mass is 521 g/mol. The molecule has 8 heteroatoms. The predicted molar refractivity (Wildman–Crippen MR) is 142 cm³/mol. The highest BCUT2D eigenvalue weighted by Gasteiger charge is 2.30. The van der Waals surface area contributed by atoms with Crippen LogP contribution in [0.25, 0.3) is 5.69 Å². The Balaban J connectivity index is 1.30. The highest BCUT2D eigenvalue weighted by molar-refractivity contribution is 6.37. The van der Waals surface area contributed by atoms with E-state index in [-0.39, 0.29) is 5.56 Å². The average molecular weight is 522 g/mol. The SMILES string of the molecule is CN(Cc1cccc(C(=O)O)c1)c1ccc(OCc2c(C3CC3)cnn2-c2c(Cl)cccc2Cl)cc1. The van der Waals surface area contributed by atoms with Crippen LogP contribution in [0.3, 0.4) is 0 Å². The second-order valence-corrected chi connectivity index (χ2v) is 9.76. The Hall–Kier alpha value is -3.48. The molecule has 1 aromatic heterocycles. The fourth-order valence-electron chi connectivity index (χ4n) is 4.27. The van der Waals surface area contributed by atoms with Crippen LogP contribution in [0.1, 0.15) is 45.9 Å². The Morgan fingerprint density at radius 1 is 1.08 bits per heavy atom. The largest absolute Gasteiger partial charge is 0.487 e. The molecule has 0 aliphatic heterocycles. The Kier molecular flexibility index (Phi) is 6.90. The number of halogens is 2. The van der Waals surface area contributed by atoms with E-state index in [4.69, 9.17) is 27.9 Å². The molecule has 0 unspecified atom stereocenters. The van der Waals surface area contributed by atoms with Crippen LogP contribution in [0.4, 0.5) is 5.69 Å². The number of nitrogens with zero attached hydrogens (tertiary/aromatic N) is 3. The zero-order valence-corrected chi connectivity index (χ0v) is 21.2. The van der Waals surface area contributed by atoms with Gasteiger partial charge < -0.3 is 14.7 Å². The summed E-state index contributed by atoms with van der Waals surface area (Å²) in [5.74, 6) is 0.304. The van der Waals surface area contributed by atoms with E-state index in [1.807, 2.05) is 49.6 Å². The summed E-state index contributed by atoms with van der Waals surface area (Å²) in [6.45, 7) is 0.925. The summed E-state index contributed by atoms with van der Waals surface area (Å²) in [7, 11) is 1.97. The first-order chi connectivity index (χ1) is 17.4. The fourth-order valence-corrected chi connectivity index (χ4v) is 4.82. The number of carboxylic acid groups (broad SMARTS) is 1. The average Bonchev–Trinajstić information content (AvgIpc) is 3.63.